The van der Waals surface area contributed by atoms with Crippen molar-refractivity contribution in [3.8, 4) is 0 Å². The molecule has 2 heterocycles. The number of rotatable bonds is 3. The third-order valence-electron chi connectivity index (χ3n) is 2.90. The molecule has 1 atom stereocenters. The van der Waals surface area contributed by atoms with Gasteiger partial charge in [-0.1, -0.05) is 19.9 Å². The fourth-order valence-electron chi connectivity index (χ4n) is 2.09. The van der Waals surface area contributed by atoms with Crippen LogP contribution in [0.15, 0.2) is 21.7 Å². The van der Waals surface area contributed by atoms with E-state index in [0.29, 0.717) is 17.3 Å². The maximum absolute atomic E-state index is 12.5. The van der Waals surface area contributed by atoms with Gasteiger partial charge in [-0.25, -0.2) is 8.42 Å². The normalized spacial score (nSPS) is 22.2. The molecule has 0 radical (unpaired) electrons. The first kappa shape index (κ1) is 13.5. The van der Waals surface area contributed by atoms with Crippen LogP contribution in [-0.2, 0) is 14.8 Å². The summed E-state index contributed by atoms with van der Waals surface area (Å²) in [6.45, 7) is 4.40. The molecule has 1 aliphatic heterocycles. The Morgan fingerprint density at radius 1 is 1.50 bits per heavy atom. The zero-order valence-electron chi connectivity index (χ0n) is 10.3. The van der Waals surface area contributed by atoms with E-state index in [-0.39, 0.29) is 11.8 Å². The average molecular weight is 288 g/mol. The second-order valence-corrected chi connectivity index (χ2v) is 7.59. The van der Waals surface area contributed by atoms with Gasteiger partial charge < -0.3 is 5.32 Å². The van der Waals surface area contributed by atoms with Crippen molar-refractivity contribution in [1.82, 2.24) is 9.62 Å². The summed E-state index contributed by atoms with van der Waals surface area (Å²) in [6, 6.07) is 2.65. The Balaban J connectivity index is 2.39. The van der Waals surface area contributed by atoms with Crippen molar-refractivity contribution >= 4 is 27.3 Å². The molecule has 1 saturated heterocycles. The van der Waals surface area contributed by atoms with E-state index in [1.807, 2.05) is 13.8 Å². The summed E-state index contributed by atoms with van der Waals surface area (Å²) in [4.78, 5) is 11.8. The Kier molecular flexibility index (Phi) is 3.74. The van der Waals surface area contributed by atoms with Crippen LogP contribution < -0.4 is 5.32 Å². The highest BCUT2D eigenvalue weighted by Gasteiger charge is 2.40. The molecule has 0 aromatic carbocycles. The van der Waals surface area contributed by atoms with Crippen LogP contribution in [-0.4, -0.2) is 37.8 Å². The number of sulfonamides is 1. The summed E-state index contributed by atoms with van der Waals surface area (Å²) < 4.78 is 26.5. The zero-order valence-corrected chi connectivity index (χ0v) is 11.9. The minimum absolute atomic E-state index is 0.0555. The summed E-state index contributed by atoms with van der Waals surface area (Å²) >= 11 is 1.18. The van der Waals surface area contributed by atoms with Crippen LogP contribution in [0.3, 0.4) is 0 Å². The lowest BCUT2D eigenvalue weighted by Crippen LogP contribution is -2.58. The van der Waals surface area contributed by atoms with E-state index in [1.54, 1.807) is 17.5 Å². The third-order valence-corrected chi connectivity index (χ3v) is 6.15. The number of amides is 1. The van der Waals surface area contributed by atoms with E-state index in [9.17, 15) is 13.2 Å². The molecule has 5 nitrogen and oxygen atoms in total. The van der Waals surface area contributed by atoms with E-state index in [0.717, 1.165) is 0 Å². The molecule has 18 heavy (non-hydrogen) atoms. The van der Waals surface area contributed by atoms with Crippen LogP contribution in [0, 0.1) is 5.92 Å². The van der Waals surface area contributed by atoms with Crippen molar-refractivity contribution in [3.05, 3.63) is 17.5 Å². The van der Waals surface area contributed by atoms with Gasteiger partial charge in [0.05, 0.1) is 0 Å². The first-order chi connectivity index (χ1) is 8.44. The Labute approximate surface area is 111 Å². The molecule has 7 heteroatoms. The first-order valence-electron chi connectivity index (χ1n) is 5.77. The van der Waals surface area contributed by atoms with Gasteiger partial charge in [0, 0.05) is 13.1 Å². The van der Waals surface area contributed by atoms with Crippen LogP contribution >= 0.6 is 11.3 Å². The summed E-state index contributed by atoms with van der Waals surface area (Å²) in [5, 5.41) is 4.44. The highest BCUT2D eigenvalue weighted by atomic mass is 32.2. The van der Waals surface area contributed by atoms with Crippen LogP contribution in [0.5, 0.6) is 0 Å². The number of nitrogens with one attached hydrogen (secondary N) is 1. The van der Waals surface area contributed by atoms with Gasteiger partial charge in [0.25, 0.3) is 10.0 Å². The van der Waals surface area contributed by atoms with E-state index in [4.69, 9.17) is 0 Å². The molecular weight excluding hydrogens is 272 g/mol. The zero-order chi connectivity index (χ0) is 13.3. The molecular formula is C11H16N2O3S2. The van der Waals surface area contributed by atoms with E-state index in [2.05, 4.69) is 5.32 Å². The Morgan fingerprint density at radius 3 is 2.78 bits per heavy atom. The molecule has 0 aliphatic carbocycles. The van der Waals surface area contributed by atoms with Crippen molar-refractivity contribution < 1.29 is 13.2 Å². The summed E-state index contributed by atoms with van der Waals surface area (Å²) in [7, 11) is -3.55. The van der Waals surface area contributed by atoms with Crippen LogP contribution in [0.2, 0.25) is 0 Å². The fourth-order valence-corrected chi connectivity index (χ4v) is 4.93. The maximum atomic E-state index is 12.5. The molecule has 0 bridgehead atoms. The van der Waals surface area contributed by atoms with Gasteiger partial charge >= 0.3 is 0 Å². The molecule has 1 aromatic rings. The standard InChI is InChI=1S/C11H16N2O3S2/c1-8(2)10-11(14)12-5-6-13(10)18(15,16)9-4-3-7-17-9/h3-4,7-8,10H,5-6H2,1-2H3,(H,12,14). The molecule has 0 spiro atoms. The smallest absolute Gasteiger partial charge is 0.253 e. The highest BCUT2D eigenvalue weighted by molar-refractivity contribution is 7.91. The summed E-state index contributed by atoms with van der Waals surface area (Å²) in [5.74, 6) is -0.267. The number of carbonyl (C=O) groups excluding carboxylic acids is 1. The van der Waals surface area contributed by atoms with Crippen LogP contribution in [0.1, 0.15) is 13.8 Å². The SMILES string of the molecule is CC(C)C1C(=O)NCCN1S(=O)(=O)c1cccs1. The predicted octanol–water partition coefficient (Wildman–Crippen LogP) is 0.893. The van der Waals surface area contributed by atoms with Gasteiger partial charge in [0.15, 0.2) is 0 Å². The van der Waals surface area contributed by atoms with E-state index < -0.39 is 16.1 Å². The van der Waals surface area contributed by atoms with Crippen LogP contribution in [0.25, 0.3) is 0 Å². The monoisotopic (exact) mass is 288 g/mol. The molecule has 2 rings (SSSR count). The third kappa shape index (κ3) is 2.30. The Morgan fingerprint density at radius 2 is 2.22 bits per heavy atom. The van der Waals surface area contributed by atoms with Crippen molar-refractivity contribution in [2.45, 2.75) is 24.1 Å². The van der Waals surface area contributed by atoms with Crippen molar-refractivity contribution in [2.24, 2.45) is 5.92 Å². The quantitative estimate of drug-likeness (QED) is 0.898. The Hall–Kier alpha value is -0.920. The predicted molar refractivity (Wildman–Crippen MR) is 69.8 cm³/mol. The topological polar surface area (TPSA) is 66.5 Å². The number of piperazine rings is 1. The molecule has 1 fully saturated rings. The first-order valence-corrected chi connectivity index (χ1v) is 8.09. The number of carbonyl (C=O) groups is 1. The summed E-state index contributed by atoms with van der Waals surface area (Å²) in [5.41, 5.74) is 0. The van der Waals surface area contributed by atoms with Crippen LogP contribution in [0.4, 0.5) is 0 Å². The van der Waals surface area contributed by atoms with E-state index in [1.165, 1.54) is 15.6 Å². The molecule has 1 aliphatic rings. The second kappa shape index (κ2) is 4.99. The van der Waals surface area contributed by atoms with Crippen molar-refractivity contribution in [2.75, 3.05) is 13.1 Å². The van der Waals surface area contributed by atoms with Gasteiger partial charge in [0.1, 0.15) is 10.3 Å². The highest BCUT2D eigenvalue weighted by Crippen LogP contribution is 2.26. The summed E-state index contributed by atoms with van der Waals surface area (Å²) in [6.07, 6.45) is 0. The van der Waals surface area contributed by atoms with Gasteiger partial charge in [0.2, 0.25) is 5.91 Å². The van der Waals surface area contributed by atoms with Crippen molar-refractivity contribution in [3.63, 3.8) is 0 Å². The molecule has 1 N–H and O–H groups in total. The largest absolute Gasteiger partial charge is 0.353 e. The lowest BCUT2D eigenvalue weighted by atomic mass is 10.0. The molecule has 1 aromatic heterocycles. The minimum atomic E-state index is -3.55. The average Bonchev–Trinajstić information content (AvgIpc) is 2.82. The molecule has 1 unspecified atom stereocenters. The lowest BCUT2D eigenvalue weighted by Gasteiger charge is -2.35. The Bertz CT molecular complexity index is 522. The number of hydrogen-bond donors (Lipinski definition) is 1. The van der Waals surface area contributed by atoms with E-state index >= 15 is 0 Å². The number of nitrogens with zero attached hydrogens (tertiary/aromatic N) is 1. The molecule has 1 amide bonds. The minimum Gasteiger partial charge on any atom is -0.353 e. The second-order valence-electron chi connectivity index (χ2n) is 4.53. The van der Waals surface area contributed by atoms with Gasteiger partial charge in [-0.2, -0.15) is 4.31 Å². The van der Waals surface area contributed by atoms with Gasteiger partial charge in [-0.3, -0.25) is 4.79 Å². The maximum Gasteiger partial charge on any atom is 0.253 e. The van der Waals surface area contributed by atoms with Gasteiger partial charge in [-0.05, 0) is 17.4 Å². The molecule has 0 saturated carbocycles. The fraction of sp³-hybridized carbons (Fsp3) is 0.545. The van der Waals surface area contributed by atoms with Gasteiger partial charge in [-0.15, -0.1) is 11.3 Å². The lowest BCUT2D eigenvalue weighted by molar-refractivity contribution is -0.128. The number of hydrogen-bond acceptors (Lipinski definition) is 4. The number of thiophene rings is 1. The molecule has 100 valence electrons. The van der Waals surface area contributed by atoms with Crippen molar-refractivity contribution in [1.29, 1.82) is 0 Å².